The van der Waals surface area contributed by atoms with Crippen molar-refractivity contribution in [2.45, 2.75) is 37.9 Å². The van der Waals surface area contributed by atoms with Crippen LogP contribution in [0.1, 0.15) is 47.7 Å². The van der Waals surface area contributed by atoms with E-state index >= 15 is 0 Å². The van der Waals surface area contributed by atoms with Crippen molar-refractivity contribution in [2.24, 2.45) is 0 Å². The van der Waals surface area contributed by atoms with Gasteiger partial charge in [-0.3, -0.25) is 4.79 Å². The highest BCUT2D eigenvalue weighted by Gasteiger charge is 2.31. The Morgan fingerprint density at radius 1 is 1.00 bits per heavy atom. The van der Waals surface area contributed by atoms with E-state index in [1.165, 1.54) is 0 Å². The van der Waals surface area contributed by atoms with Gasteiger partial charge in [-0.1, -0.05) is 30.3 Å². The normalized spacial score (nSPS) is 19.5. The van der Waals surface area contributed by atoms with Gasteiger partial charge in [0.15, 0.2) is 0 Å². The third kappa shape index (κ3) is 5.00. The Balaban J connectivity index is 1.42. The van der Waals surface area contributed by atoms with Crippen LogP contribution < -0.4 is 4.74 Å². The van der Waals surface area contributed by atoms with Gasteiger partial charge in [0, 0.05) is 25.3 Å². The minimum atomic E-state index is -0.938. The lowest BCUT2D eigenvalue weighted by Crippen LogP contribution is -2.34. The van der Waals surface area contributed by atoms with Crippen molar-refractivity contribution in [1.29, 1.82) is 0 Å². The second-order valence-corrected chi connectivity index (χ2v) is 7.70. The van der Waals surface area contributed by atoms with Crippen molar-refractivity contribution in [2.75, 3.05) is 26.3 Å². The summed E-state index contributed by atoms with van der Waals surface area (Å²) >= 11 is 0. The molecule has 0 aromatic heterocycles. The van der Waals surface area contributed by atoms with Crippen molar-refractivity contribution in [1.82, 2.24) is 4.90 Å². The van der Waals surface area contributed by atoms with E-state index in [2.05, 4.69) is 0 Å². The van der Waals surface area contributed by atoms with Crippen LogP contribution in [0.4, 0.5) is 0 Å². The smallest absolute Gasteiger partial charge is 0.339 e. The van der Waals surface area contributed by atoms with Crippen LogP contribution in [0.15, 0.2) is 54.6 Å². The molecule has 0 N–H and O–H groups in total. The molecule has 2 saturated heterocycles. The Kier molecular flexibility index (Phi) is 6.64. The van der Waals surface area contributed by atoms with Gasteiger partial charge in [0.1, 0.15) is 12.4 Å². The second-order valence-electron chi connectivity index (χ2n) is 7.70. The number of esters is 1. The van der Waals surface area contributed by atoms with E-state index in [-0.39, 0.29) is 12.0 Å². The SMILES string of the molecule is O=C(O[C@H](C(=O)N1CCCC1)c1ccccc1)c1ccc(OC[C@@H]2CCCO2)cc1. The van der Waals surface area contributed by atoms with E-state index in [1.807, 2.05) is 30.3 Å². The second kappa shape index (κ2) is 9.76. The van der Waals surface area contributed by atoms with Crippen LogP contribution in [0.2, 0.25) is 0 Å². The first-order chi connectivity index (χ1) is 14.7. The van der Waals surface area contributed by atoms with Crippen LogP contribution in [0, 0.1) is 0 Å². The maximum absolute atomic E-state index is 13.0. The van der Waals surface area contributed by atoms with Crippen LogP contribution in [0.3, 0.4) is 0 Å². The van der Waals surface area contributed by atoms with Gasteiger partial charge in [0.25, 0.3) is 5.91 Å². The van der Waals surface area contributed by atoms with Crippen molar-refractivity contribution < 1.29 is 23.8 Å². The number of benzene rings is 2. The lowest BCUT2D eigenvalue weighted by atomic mass is 10.1. The molecular weight excluding hydrogens is 382 g/mol. The Hall–Kier alpha value is -2.86. The molecule has 30 heavy (non-hydrogen) atoms. The molecule has 2 aromatic rings. The summed E-state index contributed by atoms with van der Waals surface area (Å²) in [5.74, 6) is -0.0135. The number of likely N-dealkylation sites (tertiary alicyclic amines) is 1. The molecular formula is C24H27NO5. The molecule has 2 aromatic carbocycles. The highest BCUT2D eigenvalue weighted by atomic mass is 16.5. The maximum atomic E-state index is 13.0. The fourth-order valence-electron chi connectivity index (χ4n) is 3.82. The molecule has 0 aliphatic carbocycles. The third-order valence-corrected chi connectivity index (χ3v) is 5.52. The highest BCUT2D eigenvalue weighted by Crippen LogP contribution is 2.25. The van der Waals surface area contributed by atoms with Gasteiger partial charge >= 0.3 is 5.97 Å². The molecule has 2 fully saturated rings. The summed E-state index contributed by atoms with van der Waals surface area (Å²) in [5, 5.41) is 0. The summed E-state index contributed by atoms with van der Waals surface area (Å²) in [4.78, 5) is 27.5. The lowest BCUT2D eigenvalue weighted by Gasteiger charge is -2.23. The first-order valence-corrected chi connectivity index (χ1v) is 10.6. The molecule has 2 aliphatic rings. The molecule has 1 amide bonds. The monoisotopic (exact) mass is 409 g/mol. The van der Waals surface area contributed by atoms with Crippen LogP contribution in [0.5, 0.6) is 5.75 Å². The van der Waals surface area contributed by atoms with E-state index < -0.39 is 12.1 Å². The molecule has 0 unspecified atom stereocenters. The molecule has 6 heteroatoms. The third-order valence-electron chi connectivity index (χ3n) is 5.52. The number of carbonyl (C=O) groups is 2. The largest absolute Gasteiger partial charge is 0.491 e. The van der Waals surface area contributed by atoms with E-state index in [0.29, 0.717) is 36.6 Å². The number of carbonyl (C=O) groups excluding carboxylic acids is 2. The molecule has 6 nitrogen and oxygen atoms in total. The first-order valence-electron chi connectivity index (χ1n) is 10.6. The zero-order valence-electron chi connectivity index (χ0n) is 17.0. The Morgan fingerprint density at radius 3 is 2.40 bits per heavy atom. The summed E-state index contributed by atoms with van der Waals surface area (Å²) in [6, 6.07) is 16.0. The van der Waals surface area contributed by atoms with Gasteiger partial charge in [0.2, 0.25) is 6.10 Å². The Labute approximate surface area is 176 Å². The number of rotatable bonds is 7. The van der Waals surface area contributed by atoms with E-state index in [9.17, 15) is 9.59 Å². The number of ether oxygens (including phenoxy) is 3. The fraction of sp³-hybridized carbons (Fsp3) is 0.417. The molecule has 2 heterocycles. The van der Waals surface area contributed by atoms with Gasteiger partial charge in [-0.25, -0.2) is 4.79 Å². The average Bonchev–Trinajstić information content (AvgIpc) is 3.51. The summed E-state index contributed by atoms with van der Waals surface area (Å²) in [7, 11) is 0. The minimum Gasteiger partial charge on any atom is -0.491 e. The van der Waals surface area contributed by atoms with Gasteiger partial charge in [-0.05, 0) is 49.9 Å². The zero-order chi connectivity index (χ0) is 20.8. The predicted octanol–water partition coefficient (Wildman–Crippen LogP) is 3.76. The van der Waals surface area contributed by atoms with Crippen molar-refractivity contribution in [3.8, 4) is 5.75 Å². The molecule has 0 radical (unpaired) electrons. The average molecular weight is 409 g/mol. The van der Waals surface area contributed by atoms with Gasteiger partial charge in [-0.2, -0.15) is 0 Å². The number of hydrogen-bond acceptors (Lipinski definition) is 5. The van der Waals surface area contributed by atoms with Crippen LogP contribution in [0.25, 0.3) is 0 Å². The number of amides is 1. The van der Waals surface area contributed by atoms with Gasteiger partial charge < -0.3 is 19.1 Å². The maximum Gasteiger partial charge on any atom is 0.339 e. The molecule has 2 aliphatic heterocycles. The van der Waals surface area contributed by atoms with Crippen molar-refractivity contribution in [3.05, 3.63) is 65.7 Å². The number of hydrogen-bond donors (Lipinski definition) is 0. The zero-order valence-corrected chi connectivity index (χ0v) is 17.0. The Bertz CT molecular complexity index is 840. The lowest BCUT2D eigenvalue weighted by molar-refractivity contribution is -0.140. The van der Waals surface area contributed by atoms with Crippen LogP contribution in [-0.2, 0) is 14.3 Å². The van der Waals surface area contributed by atoms with E-state index in [0.717, 1.165) is 32.3 Å². The van der Waals surface area contributed by atoms with Crippen LogP contribution in [-0.4, -0.2) is 49.2 Å². The quantitative estimate of drug-likeness (QED) is 0.652. The molecule has 2 atom stereocenters. The summed E-state index contributed by atoms with van der Waals surface area (Å²) in [5.41, 5.74) is 1.06. The van der Waals surface area contributed by atoms with E-state index in [4.69, 9.17) is 14.2 Å². The Morgan fingerprint density at radius 2 is 1.73 bits per heavy atom. The summed E-state index contributed by atoms with van der Waals surface area (Å²) < 4.78 is 17.0. The fourth-order valence-corrected chi connectivity index (χ4v) is 3.82. The summed E-state index contributed by atoms with van der Waals surface area (Å²) in [6.07, 6.45) is 3.24. The molecule has 4 rings (SSSR count). The molecule has 0 spiro atoms. The molecule has 0 saturated carbocycles. The number of nitrogens with zero attached hydrogens (tertiary/aromatic N) is 1. The summed E-state index contributed by atoms with van der Waals surface area (Å²) in [6.45, 7) is 2.70. The van der Waals surface area contributed by atoms with Gasteiger partial charge in [0.05, 0.1) is 11.7 Å². The van der Waals surface area contributed by atoms with Gasteiger partial charge in [-0.15, -0.1) is 0 Å². The standard InChI is InChI=1S/C24H27NO5/c26-23(25-14-4-5-15-25)22(18-7-2-1-3-8-18)30-24(27)19-10-12-20(13-11-19)29-17-21-9-6-16-28-21/h1-3,7-8,10-13,21-22H,4-6,9,14-17H2/t21-,22-/m0/s1. The minimum absolute atomic E-state index is 0.137. The predicted molar refractivity (Wildman–Crippen MR) is 111 cm³/mol. The molecule has 158 valence electrons. The highest BCUT2D eigenvalue weighted by molar-refractivity contribution is 5.92. The van der Waals surface area contributed by atoms with E-state index in [1.54, 1.807) is 29.2 Å². The first kappa shape index (κ1) is 20.4. The van der Waals surface area contributed by atoms with Crippen molar-refractivity contribution in [3.63, 3.8) is 0 Å². The van der Waals surface area contributed by atoms with Crippen molar-refractivity contribution >= 4 is 11.9 Å². The topological polar surface area (TPSA) is 65.1 Å². The molecule has 0 bridgehead atoms. The van der Waals surface area contributed by atoms with Crippen LogP contribution >= 0.6 is 0 Å².